The van der Waals surface area contributed by atoms with E-state index >= 15 is 0 Å². The standard InChI is InChI=1S/C19H22N2O4S/c1-15-4-2-12-21(14-15)26(23,24)18-9-6-16(7-10-18)20-19(22)11-8-17-5-3-13-25-17/h3,5-11,13,15H,2,4,12,14H2,1H3,(H,20,22)/b11-8+/t15-/m1/s1. The Kier molecular flexibility index (Phi) is 5.58. The first-order chi connectivity index (χ1) is 12.4. The van der Waals surface area contributed by atoms with Crippen LogP contribution in [0.25, 0.3) is 6.08 Å². The number of furan rings is 1. The predicted octanol–water partition coefficient (Wildman–Crippen LogP) is 3.35. The zero-order chi connectivity index (χ0) is 18.6. The summed E-state index contributed by atoms with van der Waals surface area (Å²) in [7, 11) is -3.49. The van der Waals surface area contributed by atoms with Crippen LogP contribution in [0.3, 0.4) is 0 Å². The summed E-state index contributed by atoms with van der Waals surface area (Å²) in [5.41, 5.74) is 0.532. The molecule has 1 aliphatic heterocycles. The minimum Gasteiger partial charge on any atom is -0.465 e. The second-order valence-corrected chi connectivity index (χ2v) is 8.41. The minimum absolute atomic E-state index is 0.246. The van der Waals surface area contributed by atoms with E-state index in [4.69, 9.17) is 4.42 Å². The lowest BCUT2D eigenvalue weighted by atomic mass is 10.0. The van der Waals surface area contributed by atoms with Gasteiger partial charge in [0.25, 0.3) is 0 Å². The molecule has 0 spiro atoms. The van der Waals surface area contributed by atoms with E-state index in [9.17, 15) is 13.2 Å². The Balaban J connectivity index is 1.65. The minimum atomic E-state index is -3.49. The van der Waals surface area contributed by atoms with Crippen LogP contribution in [-0.2, 0) is 14.8 Å². The lowest BCUT2D eigenvalue weighted by molar-refractivity contribution is -0.111. The third-order valence-corrected chi connectivity index (χ3v) is 6.20. The SMILES string of the molecule is C[C@@H]1CCCN(S(=O)(=O)c2ccc(NC(=O)/C=C/c3ccco3)cc2)C1. The molecule has 1 amide bonds. The van der Waals surface area contributed by atoms with Crippen LogP contribution in [0.4, 0.5) is 5.69 Å². The fraction of sp³-hybridized carbons (Fsp3) is 0.316. The molecular weight excluding hydrogens is 352 g/mol. The molecule has 0 unspecified atom stereocenters. The topological polar surface area (TPSA) is 79.6 Å². The first-order valence-corrected chi connectivity index (χ1v) is 10.0. The molecule has 138 valence electrons. The summed E-state index contributed by atoms with van der Waals surface area (Å²) in [6.07, 6.45) is 6.39. The normalized spacial score (nSPS) is 18.9. The van der Waals surface area contributed by atoms with Crippen LogP contribution >= 0.6 is 0 Å². The summed E-state index contributed by atoms with van der Waals surface area (Å²) in [5, 5.41) is 2.69. The maximum Gasteiger partial charge on any atom is 0.248 e. The van der Waals surface area contributed by atoms with Crippen molar-refractivity contribution in [3.05, 3.63) is 54.5 Å². The number of nitrogens with zero attached hydrogens (tertiary/aromatic N) is 1. The third-order valence-electron chi connectivity index (χ3n) is 4.32. The molecule has 1 N–H and O–H groups in total. The van der Waals surface area contributed by atoms with Gasteiger partial charge in [-0.15, -0.1) is 0 Å². The highest BCUT2D eigenvalue weighted by molar-refractivity contribution is 7.89. The molecular formula is C19H22N2O4S. The van der Waals surface area contributed by atoms with Crippen LogP contribution in [-0.4, -0.2) is 31.7 Å². The van der Waals surface area contributed by atoms with Crippen molar-refractivity contribution in [3.8, 4) is 0 Å². The average Bonchev–Trinajstić information content (AvgIpc) is 3.14. The number of piperidine rings is 1. The van der Waals surface area contributed by atoms with Crippen molar-refractivity contribution < 1.29 is 17.6 Å². The van der Waals surface area contributed by atoms with Gasteiger partial charge in [-0.3, -0.25) is 4.79 Å². The number of hydrogen-bond acceptors (Lipinski definition) is 4. The zero-order valence-electron chi connectivity index (χ0n) is 14.6. The number of hydrogen-bond donors (Lipinski definition) is 1. The molecule has 1 aliphatic rings. The van der Waals surface area contributed by atoms with Crippen LogP contribution < -0.4 is 5.32 Å². The number of benzene rings is 1. The van der Waals surface area contributed by atoms with Crippen LogP contribution in [0, 0.1) is 5.92 Å². The number of carbonyl (C=O) groups is 1. The third kappa shape index (κ3) is 4.42. The van der Waals surface area contributed by atoms with E-state index in [1.165, 1.54) is 24.5 Å². The molecule has 2 heterocycles. The smallest absolute Gasteiger partial charge is 0.248 e. The van der Waals surface area contributed by atoms with E-state index < -0.39 is 10.0 Å². The molecule has 0 bridgehead atoms. The van der Waals surface area contributed by atoms with Crippen LogP contribution in [0.15, 0.2) is 58.1 Å². The Morgan fingerprint density at radius 2 is 2.04 bits per heavy atom. The molecule has 0 radical (unpaired) electrons. The average molecular weight is 374 g/mol. The number of rotatable bonds is 5. The molecule has 3 rings (SSSR count). The van der Waals surface area contributed by atoms with Crippen molar-refractivity contribution in [2.75, 3.05) is 18.4 Å². The molecule has 1 saturated heterocycles. The van der Waals surface area contributed by atoms with Crippen molar-refractivity contribution in [3.63, 3.8) is 0 Å². The highest BCUT2D eigenvalue weighted by atomic mass is 32.2. The quantitative estimate of drug-likeness (QED) is 0.814. The first-order valence-electron chi connectivity index (χ1n) is 8.58. The summed E-state index contributed by atoms with van der Waals surface area (Å²) in [5.74, 6) is 0.636. The number of carbonyl (C=O) groups excluding carboxylic acids is 1. The van der Waals surface area contributed by atoms with Gasteiger partial charge in [-0.2, -0.15) is 4.31 Å². The summed E-state index contributed by atoms with van der Waals surface area (Å²) in [6, 6.07) is 9.73. The van der Waals surface area contributed by atoms with Crippen LogP contribution in [0.5, 0.6) is 0 Å². The molecule has 2 aromatic rings. The predicted molar refractivity (Wildman–Crippen MR) is 100.0 cm³/mol. The number of anilines is 1. The van der Waals surface area contributed by atoms with E-state index in [1.807, 2.05) is 0 Å². The summed E-state index contributed by atoms with van der Waals surface area (Å²) < 4.78 is 32.1. The van der Waals surface area contributed by atoms with Gasteiger partial charge in [-0.25, -0.2) is 8.42 Å². The monoisotopic (exact) mass is 374 g/mol. The molecule has 0 aliphatic carbocycles. The van der Waals surface area contributed by atoms with Crippen molar-refractivity contribution in [2.24, 2.45) is 5.92 Å². The molecule has 1 aromatic heterocycles. The first kappa shape index (κ1) is 18.4. The van der Waals surface area contributed by atoms with Crippen molar-refractivity contribution in [2.45, 2.75) is 24.7 Å². The van der Waals surface area contributed by atoms with Gasteiger partial charge in [0.15, 0.2) is 0 Å². The summed E-state index contributed by atoms with van der Waals surface area (Å²) in [4.78, 5) is 12.2. The molecule has 6 nitrogen and oxygen atoms in total. The van der Waals surface area contributed by atoms with Crippen molar-refractivity contribution in [1.29, 1.82) is 0 Å². The maximum atomic E-state index is 12.7. The summed E-state index contributed by atoms with van der Waals surface area (Å²) >= 11 is 0. The largest absolute Gasteiger partial charge is 0.465 e. The van der Waals surface area contributed by atoms with E-state index in [-0.39, 0.29) is 10.8 Å². The van der Waals surface area contributed by atoms with E-state index in [0.717, 1.165) is 12.8 Å². The Hall–Kier alpha value is -2.38. The maximum absolute atomic E-state index is 12.7. The second-order valence-electron chi connectivity index (χ2n) is 6.47. The van der Waals surface area contributed by atoms with Gasteiger partial charge >= 0.3 is 0 Å². The fourth-order valence-electron chi connectivity index (χ4n) is 2.95. The van der Waals surface area contributed by atoms with E-state index in [2.05, 4.69) is 12.2 Å². The summed E-state index contributed by atoms with van der Waals surface area (Å²) in [6.45, 7) is 3.18. The van der Waals surface area contributed by atoms with Gasteiger partial charge in [0.05, 0.1) is 11.2 Å². The highest BCUT2D eigenvalue weighted by Gasteiger charge is 2.28. The second kappa shape index (κ2) is 7.88. The van der Waals surface area contributed by atoms with Gasteiger partial charge in [-0.1, -0.05) is 6.92 Å². The number of nitrogens with one attached hydrogen (secondary N) is 1. The Labute approximate surface area is 153 Å². The van der Waals surface area contributed by atoms with Crippen molar-refractivity contribution in [1.82, 2.24) is 4.31 Å². The molecule has 1 aromatic carbocycles. The highest BCUT2D eigenvalue weighted by Crippen LogP contribution is 2.24. The molecule has 1 fully saturated rings. The van der Waals surface area contributed by atoms with Gasteiger partial charge in [0.1, 0.15) is 5.76 Å². The molecule has 7 heteroatoms. The lowest BCUT2D eigenvalue weighted by Gasteiger charge is -2.30. The van der Waals surface area contributed by atoms with Gasteiger partial charge in [-0.05, 0) is 61.2 Å². The Morgan fingerprint density at radius 3 is 2.69 bits per heavy atom. The van der Waals surface area contributed by atoms with Crippen LogP contribution in [0.2, 0.25) is 0 Å². The number of amides is 1. The zero-order valence-corrected chi connectivity index (χ0v) is 15.4. The van der Waals surface area contributed by atoms with Crippen LogP contribution in [0.1, 0.15) is 25.5 Å². The fourth-order valence-corrected chi connectivity index (χ4v) is 4.55. The van der Waals surface area contributed by atoms with Gasteiger partial charge in [0.2, 0.25) is 15.9 Å². The molecule has 0 saturated carbocycles. The number of sulfonamides is 1. The molecule has 26 heavy (non-hydrogen) atoms. The van der Waals surface area contributed by atoms with Gasteiger partial charge in [0, 0.05) is 24.9 Å². The Morgan fingerprint density at radius 1 is 1.27 bits per heavy atom. The van der Waals surface area contributed by atoms with Gasteiger partial charge < -0.3 is 9.73 Å². The Bertz CT molecular complexity index is 871. The van der Waals surface area contributed by atoms with E-state index in [1.54, 1.807) is 34.6 Å². The lowest BCUT2D eigenvalue weighted by Crippen LogP contribution is -2.39. The van der Waals surface area contributed by atoms with Crippen molar-refractivity contribution >= 4 is 27.7 Å². The van der Waals surface area contributed by atoms with E-state index in [0.29, 0.717) is 30.5 Å². The molecule has 1 atom stereocenters.